The van der Waals surface area contributed by atoms with E-state index in [1.807, 2.05) is 6.92 Å². The molecular weight excluding hydrogens is 266 g/mol. The predicted molar refractivity (Wildman–Crippen MR) is 98.5 cm³/mol. The molecule has 0 spiro atoms. The summed E-state index contributed by atoms with van der Waals surface area (Å²) in [6.07, 6.45) is 7.92. The van der Waals surface area contributed by atoms with E-state index >= 15 is 0 Å². The van der Waals surface area contributed by atoms with Crippen molar-refractivity contribution in [2.45, 2.75) is 53.0 Å². The SMILES string of the molecule is C=C(C)c1ccc(C2=CCC(C)(CC)/C(=C\CC)C2N)cc1. The summed E-state index contributed by atoms with van der Waals surface area (Å²) in [4.78, 5) is 0. The van der Waals surface area contributed by atoms with Crippen LogP contribution in [-0.4, -0.2) is 6.04 Å². The lowest BCUT2D eigenvalue weighted by atomic mass is 9.67. The highest BCUT2D eigenvalue weighted by atomic mass is 14.7. The van der Waals surface area contributed by atoms with E-state index in [0.717, 1.165) is 24.8 Å². The highest BCUT2D eigenvalue weighted by Crippen LogP contribution is 2.44. The average Bonchev–Trinajstić information content (AvgIpc) is 2.52. The molecule has 0 aromatic heterocycles. The van der Waals surface area contributed by atoms with Crippen molar-refractivity contribution in [2.24, 2.45) is 11.1 Å². The van der Waals surface area contributed by atoms with E-state index in [1.165, 1.54) is 22.3 Å². The lowest BCUT2D eigenvalue weighted by Gasteiger charge is -2.39. The first-order valence-corrected chi connectivity index (χ1v) is 8.35. The van der Waals surface area contributed by atoms with Gasteiger partial charge in [0, 0.05) is 0 Å². The third kappa shape index (κ3) is 3.10. The molecule has 2 N–H and O–H groups in total. The molecule has 0 fully saturated rings. The summed E-state index contributed by atoms with van der Waals surface area (Å²) in [5.41, 5.74) is 13.0. The Balaban J connectivity index is 2.40. The second kappa shape index (κ2) is 6.66. The molecule has 1 nitrogen and oxygen atoms in total. The minimum atomic E-state index is 0.00864. The summed E-state index contributed by atoms with van der Waals surface area (Å²) in [5, 5.41) is 0. The van der Waals surface area contributed by atoms with E-state index in [4.69, 9.17) is 5.73 Å². The van der Waals surface area contributed by atoms with Gasteiger partial charge in [0.15, 0.2) is 0 Å². The minimum Gasteiger partial charge on any atom is -0.321 e. The summed E-state index contributed by atoms with van der Waals surface area (Å²) < 4.78 is 0. The quantitative estimate of drug-likeness (QED) is 0.720. The van der Waals surface area contributed by atoms with Crippen molar-refractivity contribution in [1.82, 2.24) is 0 Å². The van der Waals surface area contributed by atoms with Crippen LogP contribution in [0.25, 0.3) is 11.1 Å². The first-order chi connectivity index (χ1) is 10.4. The van der Waals surface area contributed by atoms with Crippen LogP contribution in [0.2, 0.25) is 0 Å². The minimum absolute atomic E-state index is 0.00864. The molecule has 0 radical (unpaired) electrons. The van der Waals surface area contributed by atoms with E-state index in [0.29, 0.717) is 0 Å². The highest BCUT2D eigenvalue weighted by Gasteiger charge is 2.35. The van der Waals surface area contributed by atoms with Gasteiger partial charge in [0.25, 0.3) is 0 Å². The summed E-state index contributed by atoms with van der Waals surface area (Å²) in [7, 11) is 0. The molecule has 0 saturated carbocycles. The van der Waals surface area contributed by atoms with E-state index in [9.17, 15) is 0 Å². The molecule has 0 bridgehead atoms. The van der Waals surface area contributed by atoms with Crippen LogP contribution in [0, 0.1) is 5.41 Å². The van der Waals surface area contributed by atoms with Crippen molar-refractivity contribution in [3.8, 4) is 0 Å². The van der Waals surface area contributed by atoms with Gasteiger partial charge in [-0.15, -0.1) is 0 Å². The zero-order valence-corrected chi connectivity index (χ0v) is 14.4. The van der Waals surface area contributed by atoms with Gasteiger partial charge in [-0.2, -0.15) is 0 Å². The van der Waals surface area contributed by atoms with Gasteiger partial charge in [-0.05, 0) is 53.9 Å². The van der Waals surface area contributed by atoms with Crippen LogP contribution < -0.4 is 5.73 Å². The predicted octanol–water partition coefficient (Wildman–Crippen LogP) is 5.59. The normalized spacial score (nSPS) is 26.9. The molecule has 0 saturated heterocycles. The second-order valence-electron chi connectivity index (χ2n) is 6.68. The monoisotopic (exact) mass is 295 g/mol. The van der Waals surface area contributed by atoms with Crippen molar-refractivity contribution in [3.05, 3.63) is 59.7 Å². The fraction of sp³-hybridized carbons (Fsp3) is 0.429. The molecule has 2 rings (SSSR count). The molecule has 0 heterocycles. The van der Waals surface area contributed by atoms with Crippen LogP contribution in [0.3, 0.4) is 0 Å². The van der Waals surface area contributed by atoms with Crippen LogP contribution in [0.4, 0.5) is 0 Å². The van der Waals surface area contributed by atoms with E-state index < -0.39 is 0 Å². The Kier molecular flexibility index (Phi) is 5.08. The number of allylic oxidation sites excluding steroid dienone is 3. The van der Waals surface area contributed by atoms with E-state index in [2.05, 4.69) is 63.8 Å². The van der Waals surface area contributed by atoms with Gasteiger partial charge in [0.1, 0.15) is 0 Å². The third-order valence-electron chi connectivity index (χ3n) is 5.05. The Morgan fingerprint density at radius 3 is 2.45 bits per heavy atom. The molecule has 1 aromatic rings. The topological polar surface area (TPSA) is 26.0 Å². The van der Waals surface area contributed by atoms with Gasteiger partial charge in [0.05, 0.1) is 6.04 Å². The molecule has 1 aliphatic carbocycles. The van der Waals surface area contributed by atoms with Crippen molar-refractivity contribution in [1.29, 1.82) is 0 Å². The van der Waals surface area contributed by atoms with Crippen LogP contribution in [0.1, 0.15) is 58.1 Å². The summed E-state index contributed by atoms with van der Waals surface area (Å²) >= 11 is 0. The van der Waals surface area contributed by atoms with Crippen molar-refractivity contribution in [3.63, 3.8) is 0 Å². The van der Waals surface area contributed by atoms with E-state index in [-0.39, 0.29) is 11.5 Å². The lowest BCUT2D eigenvalue weighted by molar-refractivity contribution is 0.363. The largest absolute Gasteiger partial charge is 0.321 e. The zero-order chi connectivity index (χ0) is 16.3. The van der Waals surface area contributed by atoms with Crippen LogP contribution >= 0.6 is 0 Å². The number of nitrogens with two attached hydrogens (primary N) is 1. The molecule has 22 heavy (non-hydrogen) atoms. The number of hydrogen-bond donors (Lipinski definition) is 1. The van der Waals surface area contributed by atoms with E-state index in [1.54, 1.807) is 0 Å². The molecule has 1 aromatic carbocycles. The Morgan fingerprint density at radius 1 is 1.32 bits per heavy atom. The Morgan fingerprint density at radius 2 is 1.95 bits per heavy atom. The van der Waals surface area contributed by atoms with Gasteiger partial charge >= 0.3 is 0 Å². The first kappa shape index (κ1) is 16.8. The maximum absolute atomic E-state index is 6.64. The van der Waals surface area contributed by atoms with Crippen LogP contribution in [0.5, 0.6) is 0 Å². The molecule has 118 valence electrons. The lowest BCUT2D eigenvalue weighted by Crippen LogP contribution is -2.37. The highest BCUT2D eigenvalue weighted by molar-refractivity contribution is 5.75. The van der Waals surface area contributed by atoms with Gasteiger partial charge < -0.3 is 5.73 Å². The average molecular weight is 295 g/mol. The van der Waals surface area contributed by atoms with Gasteiger partial charge in [-0.1, -0.05) is 69.3 Å². The molecule has 0 amide bonds. The number of benzene rings is 1. The fourth-order valence-electron chi connectivity index (χ4n) is 3.31. The third-order valence-corrected chi connectivity index (χ3v) is 5.05. The Labute approximate surface area is 135 Å². The van der Waals surface area contributed by atoms with Crippen molar-refractivity contribution in [2.75, 3.05) is 0 Å². The fourth-order valence-corrected chi connectivity index (χ4v) is 3.31. The smallest absolute Gasteiger partial charge is 0.0519 e. The molecule has 1 heteroatoms. The van der Waals surface area contributed by atoms with Gasteiger partial charge in [-0.25, -0.2) is 0 Å². The number of hydrogen-bond acceptors (Lipinski definition) is 1. The Hall–Kier alpha value is -1.60. The number of rotatable bonds is 4. The molecule has 2 unspecified atom stereocenters. The molecule has 1 aliphatic rings. The standard InChI is InChI=1S/C21H29N/c1-6-8-19-20(22)18(13-14-21(19,5)7-2)17-11-9-16(10-12-17)15(3)4/h8-13,20H,3,6-7,14,22H2,1-2,4-5H3/b19-8-. The zero-order valence-electron chi connectivity index (χ0n) is 14.4. The molecule has 0 aliphatic heterocycles. The summed E-state index contributed by atoms with van der Waals surface area (Å²) in [5.74, 6) is 0. The second-order valence-corrected chi connectivity index (χ2v) is 6.68. The molecule has 2 atom stereocenters. The summed E-state index contributed by atoms with van der Waals surface area (Å²) in [6.45, 7) is 12.8. The maximum atomic E-state index is 6.64. The van der Waals surface area contributed by atoms with Gasteiger partial charge in [0.2, 0.25) is 0 Å². The summed E-state index contributed by atoms with van der Waals surface area (Å²) in [6, 6.07) is 8.64. The molecular formula is C21H29N. The van der Waals surface area contributed by atoms with Crippen molar-refractivity contribution < 1.29 is 0 Å². The van der Waals surface area contributed by atoms with Gasteiger partial charge in [-0.3, -0.25) is 0 Å². The maximum Gasteiger partial charge on any atom is 0.0519 e. The van der Waals surface area contributed by atoms with Crippen LogP contribution in [-0.2, 0) is 0 Å². The van der Waals surface area contributed by atoms with Crippen LogP contribution in [0.15, 0.2) is 48.6 Å². The first-order valence-electron chi connectivity index (χ1n) is 8.35. The Bertz CT molecular complexity index is 603. The van der Waals surface area contributed by atoms with Crippen molar-refractivity contribution >= 4 is 11.1 Å².